The first-order valence-electron chi connectivity index (χ1n) is 5.26. The number of hydrogen-bond donors (Lipinski definition) is 1. The summed E-state index contributed by atoms with van der Waals surface area (Å²) < 4.78 is 0. The van der Waals surface area contributed by atoms with Crippen LogP contribution in [0.25, 0.3) is 0 Å². The largest absolute Gasteiger partial charge is 0.195 e. The van der Waals surface area contributed by atoms with Crippen LogP contribution in [-0.4, -0.2) is 11.1 Å². The molecule has 81 valence electrons. The number of hydrogen-bond acceptors (Lipinski definition) is 0. The molecule has 0 atom stereocenters. The Bertz CT molecular complexity index is 481. The number of thiol groups is 1. The number of rotatable bonds is 2. The first-order chi connectivity index (χ1) is 7.81. The molecule has 2 rings (SSSR count). The van der Waals surface area contributed by atoms with Gasteiger partial charge < -0.3 is 0 Å². The van der Waals surface area contributed by atoms with Crippen LogP contribution < -0.4 is 0 Å². The molecule has 2 aromatic carbocycles. The van der Waals surface area contributed by atoms with Crippen LogP contribution in [0.15, 0.2) is 54.6 Å². The zero-order chi connectivity index (χ0) is 11.4. The maximum atomic E-state index is 3.91. The fraction of sp³-hybridized carbons (Fsp3) is 0.0667. The van der Waals surface area contributed by atoms with E-state index >= 15 is 0 Å². The fourth-order valence-electron chi connectivity index (χ4n) is 1.68. The molecule has 0 aromatic heterocycles. The van der Waals surface area contributed by atoms with Gasteiger partial charge in [0.05, 0.1) is 0 Å². The number of benzene rings is 2. The lowest BCUT2D eigenvalue weighted by Crippen LogP contribution is -2.00. The summed E-state index contributed by atoms with van der Waals surface area (Å²) in [5, 5.41) is 0. The maximum absolute atomic E-state index is 3.91. The highest BCUT2D eigenvalue weighted by Crippen LogP contribution is 2.14. The molecule has 0 bridgehead atoms. The Labute approximate surface area is 101 Å². The minimum absolute atomic E-state index is 1.06. The molecule has 0 aliphatic rings. The summed E-state index contributed by atoms with van der Waals surface area (Å²) in [6.45, 7) is 3.91. The lowest BCUT2D eigenvalue weighted by atomic mass is 10.0. The van der Waals surface area contributed by atoms with Crippen LogP contribution in [0, 0.1) is 6.92 Å². The van der Waals surface area contributed by atoms with Gasteiger partial charge in [0, 0.05) is 4.86 Å². The smallest absolute Gasteiger partial charge is 0.00931 e. The van der Waals surface area contributed by atoms with Gasteiger partial charge in [-0.1, -0.05) is 54.6 Å². The van der Waals surface area contributed by atoms with E-state index in [1.807, 2.05) is 6.07 Å². The Morgan fingerprint density at radius 3 is 2.00 bits per heavy atom. The van der Waals surface area contributed by atoms with Crippen molar-refractivity contribution in [3.8, 4) is 0 Å². The van der Waals surface area contributed by atoms with E-state index in [-0.39, 0.29) is 0 Å². The summed E-state index contributed by atoms with van der Waals surface area (Å²) in [6, 6.07) is 18.9. The molecule has 0 saturated carbocycles. The molecule has 0 saturated heterocycles. The van der Waals surface area contributed by atoms with Crippen LogP contribution in [0.1, 0.15) is 16.7 Å². The highest BCUT2D eigenvalue weighted by molar-refractivity contribution is 7.98. The average Bonchev–Trinajstić information content (AvgIpc) is 2.34. The Hall–Kier alpha value is -1.34. The van der Waals surface area contributed by atoms with Gasteiger partial charge in [0.25, 0.3) is 0 Å². The van der Waals surface area contributed by atoms with Gasteiger partial charge in [0.1, 0.15) is 0 Å². The van der Waals surface area contributed by atoms with E-state index in [1.54, 1.807) is 0 Å². The average molecular weight is 227 g/mol. The van der Waals surface area contributed by atoms with Crippen molar-refractivity contribution in [2.24, 2.45) is 0 Å². The van der Waals surface area contributed by atoms with Gasteiger partial charge in [-0.25, -0.2) is 0 Å². The van der Waals surface area contributed by atoms with Crippen molar-refractivity contribution in [2.75, 3.05) is 6.26 Å². The van der Waals surface area contributed by atoms with E-state index in [0.29, 0.717) is 0 Å². The molecular formula is C15H15S. The first-order valence-corrected chi connectivity index (χ1v) is 6.60. The molecule has 0 amide bonds. The van der Waals surface area contributed by atoms with E-state index in [1.165, 1.54) is 27.3 Å². The van der Waals surface area contributed by atoms with Crippen LogP contribution in [0.3, 0.4) is 0 Å². The second-order valence-corrected chi connectivity index (χ2v) is 4.53. The van der Waals surface area contributed by atoms with Gasteiger partial charge in [0.2, 0.25) is 0 Å². The molecular weight excluding hydrogens is 212 g/mol. The molecule has 1 heteroatoms. The minimum atomic E-state index is 1.06. The third kappa shape index (κ3) is 2.42. The van der Waals surface area contributed by atoms with Gasteiger partial charge in [-0.3, -0.25) is 0 Å². The molecule has 16 heavy (non-hydrogen) atoms. The van der Waals surface area contributed by atoms with E-state index < -0.39 is 0 Å². The predicted octanol–water partition coefficient (Wildman–Crippen LogP) is 3.53. The van der Waals surface area contributed by atoms with Crippen LogP contribution in [0.4, 0.5) is 0 Å². The molecule has 0 unspecified atom stereocenters. The van der Waals surface area contributed by atoms with Crippen molar-refractivity contribution in [2.45, 2.75) is 0 Å². The van der Waals surface area contributed by atoms with E-state index in [9.17, 15) is 0 Å². The molecule has 0 nitrogen and oxygen atoms in total. The third-order valence-corrected chi connectivity index (χ3v) is 3.46. The fourth-order valence-corrected chi connectivity index (χ4v) is 2.50. The lowest BCUT2D eigenvalue weighted by molar-refractivity contribution is 1.57. The highest BCUT2D eigenvalue weighted by atomic mass is 32.1. The molecule has 0 spiro atoms. The van der Waals surface area contributed by atoms with Crippen LogP contribution in [0.5, 0.6) is 0 Å². The predicted molar refractivity (Wildman–Crippen MR) is 75.5 cm³/mol. The summed E-state index contributed by atoms with van der Waals surface area (Å²) >= 11 is 1.29. The van der Waals surface area contributed by atoms with Gasteiger partial charge in [0.15, 0.2) is 0 Å². The zero-order valence-corrected chi connectivity index (χ0v) is 10.2. The Kier molecular flexibility index (Phi) is 3.58. The first kappa shape index (κ1) is 11.2. The van der Waals surface area contributed by atoms with Crippen molar-refractivity contribution in [1.82, 2.24) is 0 Å². The second kappa shape index (κ2) is 5.13. The van der Waals surface area contributed by atoms with Crippen LogP contribution in [0.2, 0.25) is 0 Å². The van der Waals surface area contributed by atoms with E-state index in [0.717, 1.165) is 5.56 Å². The summed E-state index contributed by atoms with van der Waals surface area (Å²) in [7, 11) is 0. The van der Waals surface area contributed by atoms with Gasteiger partial charge in [-0.2, -0.15) is 11.4 Å². The molecule has 0 aliphatic carbocycles. The lowest BCUT2D eigenvalue weighted by Gasteiger charge is -2.07. The summed E-state index contributed by atoms with van der Waals surface area (Å²) in [5.74, 6) is 0. The third-order valence-electron chi connectivity index (χ3n) is 2.50. The van der Waals surface area contributed by atoms with Gasteiger partial charge in [-0.15, -0.1) is 0 Å². The second-order valence-electron chi connectivity index (χ2n) is 3.64. The summed E-state index contributed by atoms with van der Waals surface area (Å²) in [4.78, 5) is 1.36. The van der Waals surface area contributed by atoms with Crippen molar-refractivity contribution in [3.63, 3.8) is 0 Å². The molecule has 0 N–H and O–H groups in total. The summed E-state index contributed by atoms with van der Waals surface area (Å²) in [6.07, 6.45) is 2.17. The monoisotopic (exact) mass is 227 g/mol. The van der Waals surface area contributed by atoms with Gasteiger partial charge in [-0.05, 0) is 29.9 Å². The highest BCUT2D eigenvalue weighted by Gasteiger charge is 2.02. The Balaban J connectivity index is 2.42. The normalized spacial score (nSPS) is 12.0. The van der Waals surface area contributed by atoms with Crippen molar-refractivity contribution >= 4 is 16.2 Å². The topological polar surface area (TPSA) is 0 Å². The van der Waals surface area contributed by atoms with Crippen molar-refractivity contribution < 1.29 is 0 Å². The molecule has 2 aromatic rings. The Morgan fingerprint density at radius 2 is 1.44 bits per heavy atom. The van der Waals surface area contributed by atoms with Crippen molar-refractivity contribution in [3.05, 3.63) is 78.2 Å². The Morgan fingerprint density at radius 1 is 0.875 bits per heavy atom. The summed E-state index contributed by atoms with van der Waals surface area (Å²) in [5.41, 5.74) is 3.63. The molecule has 1 radical (unpaired) electrons. The molecule has 0 fully saturated rings. The van der Waals surface area contributed by atoms with Crippen molar-refractivity contribution in [1.29, 1.82) is 0 Å². The quantitative estimate of drug-likeness (QED) is 0.453. The molecule has 0 heterocycles. The zero-order valence-electron chi connectivity index (χ0n) is 9.35. The minimum Gasteiger partial charge on any atom is -0.195 e. The standard InChI is InChI=1S/C15H15S/c1-12-8-10-14(11-9-12)15(16-2)13-6-4-3-5-7-13/h3-11,16H,1H2,2H3. The van der Waals surface area contributed by atoms with Gasteiger partial charge >= 0.3 is 0 Å². The van der Waals surface area contributed by atoms with Crippen LogP contribution >= 0.6 is 11.4 Å². The SMILES string of the molecule is [CH2]c1ccc(C(=[SH]C)c2ccccc2)cc1. The maximum Gasteiger partial charge on any atom is 0.00931 e. The van der Waals surface area contributed by atoms with E-state index in [2.05, 4.69) is 61.7 Å². The molecule has 0 aliphatic heterocycles. The van der Waals surface area contributed by atoms with E-state index in [4.69, 9.17) is 0 Å². The van der Waals surface area contributed by atoms with Crippen LogP contribution in [-0.2, 0) is 0 Å².